The van der Waals surface area contributed by atoms with Crippen LogP contribution in [0.3, 0.4) is 0 Å². The molecule has 0 heterocycles. The van der Waals surface area contributed by atoms with Crippen LogP contribution >= 0.6 is 0 Å². The van der Waals surface area contributed by atoms with E-state index in [1.54, 1.807) is 0 Å². The van der Waals surface area contributed by atoms with Gasteiger partial charge in [-0.15, -0.1) is 0 Å². The lowest BCUT2D eigenvalue weighted by molar-refractivity contribution is -0.410. The zero-order valence-corrected chi connectivity index (χ0v) is 5.92. The third-order valence-electron chi connectivity index (χ3n) is 1.11. The standard InChI is InChI=1S/C6H13NO2/c1-4(2)3-5(7)6(8)9/h4-5H,3,7H2,1-2H3,(H,8,9)/p+1/t5-/m0/s1. The maximum atomic E-state index is 10.2. The smallest absolute Gasteiger partial charge is 0.362 e. The molecule has 3 nitrogen and oxygen atoms in total. The Morgan fingerprint density at radius 3 is 2.22 bits per heavy atom. The van der Waals surface area contributed by atoms with Crippen molar-refractivity contribution >= 4 is 5.97 Å². The van der Waals surface area contributed by atoms with Gasteiger partial charge in [0, 0.05) is 6.42 Å². The molecule has 0 saturated heterocycles. The van der Waals surface area contributed by atoms with E-state index >= 15 is 0 Å². The summed E-state index contributed by atoms with van der Waals surface area (Å²) in [4.78, 5) is 10.2. The molecule has 0 radical (unpaired) electrons. The molecular weight excluding hydrogens is 118 g/mol. The van der Waals surface area contributed by atoms with Crippen molar-refractivity contribution in [2.45, 2.75) is 26.3 Å². The number of aliphatic carboxylic acids is 1. The van der Waals surface area contributed by atoms with Gasteiger partial charge in [-0.1, -0.05) is 13.8 Å². The summed E-state index contributed by atoms with van der Waals surface area (Å²) in [6.45, 7) is 3.97. The maximum Gasteiger partial charge on any atom is 0.362 e. The second-order valence-electron chi connectivity index (χ2n) is 2.66. The van der Waals surface area contributed by atoms with Gasteiger partial charge in [0.15, 0.2) is 6.04 Å². The molecule has 0 aliphatic rings. The predicted octanol–water partition coefficient (Wildman–Crippen LogP) is -0.272. The number of quaternary nitrogens is 1. The van der Waals surface area contributed by atoms with Crippen molar-refractivity contribution in [3.8, 4) is 0 Å². The summed E-state index contributed by atoms with van der Waals surface area (Å²) >= 11 is 0. The maximum absolute atomic E-state index is 10.2. The van der Waals surface area contributed by atoms with Crippen LogP contribution in [0.4, 0.5) is 0 Å². The highest BCUT2D eigenvalue weighted by Gasteiger charge is 2.15. The topological polar surface area (TPSA) is 64.9 Å². The quantitative estimate of drug-likeness (QED) is 0.555. The van der Waals surface area contributed by atoms with Crippen molar-refractivity contribution in [3.63, 3.8) is 0 Å². The van der Waals surface area contributed by atoms with E-state index in [-0.39, 0.29) is 0 Å². The molecule has 0 bridgehead atoms. The largest absolute Gasteiger partial charge is 0.477 e. The van der Waals surface area contributed by atoms with E-state index < -0.39 is 12.0 Å². The van der Waals surface area contributed by atoms with E-state index in [4.69, 9.17) is 5.11 Å². The summed E-state index contributed by atoms with van der Waals surface area (Å²) in [6.07, 6.45) is 0.662. The molecule has 0 aromatic rings. The van der Waals surface area contributed by atoms with Crippen LogP contribution < -0.4 is 5.73 Å². The highest BCUT2D eigenvalue weighted by molar-refractivity contribution is 5.71. The Morgan fingerprint density at radius 1 is 1.67 bits per heavy atom. The highest BCUT2D eigenvalue weighted by Crippen LogP contribution is 2.00. The third-order valence-corrected chi connectivity index (χ3v) is 1.11. The molecule has 54 valence electrons. The van der Waals surface area contributed by atoms with E-state index in [2.05, 4.69) is 5.73 Å². The fraction of sp³-hybridized carbons (Fsp3) is 0.833. The Bertz CT molecular complexity index is 101. The number of hydrogen-bond acceptors (Lipinski definition) is 1. The lowest BCUT2D eigenvalue weighted by Gasteiger charge is -2.04. The molecule has 0 saturated carbocycles. The molecule has 0 rings (SSSR count). The Labute approximate surface area is 54.9 Å². The first-order valence-corrected chi connectivity index (χ1v) is 3.10. The Balaban J connectivity index is 3.50. The number of carbonyl (C=O) groups is 1. The summed E-state index contributed by atoms with van der Waals surface area (Å²) in [7, 11) is 0. The predicted molar refractivity (Wildman–Crippen MR) is 33.8 cm³/mol. The molecule has 0 aromatic carbocycles. The molecule has 0 fully saturated rings. The Hall–Kier alpha value is -0.570. The van der Waals surface area contributed by atoms with Crippen molar-refractivity contribution in [2.75, 3.05) is 0 Å². The summed E-state index contributed by atoms with van der Waals surface area (Å²) in [5.41, 5.74) is 3.48. The van der Waals surface area contributed by atoms with E-state index in [1.807, 2.05) is 13.8 Å². The molecule has 3 heteroatoms. The number of rotatable bonds is 3. The molecule has 9 heavy (non-hydrogen) atoms. The zero-order valence-electron chi connectivity index (χ0n) is 5.92. The molecule has 0 unspecified atom stereocenters. The second kappa shape index (κ2) is 3.45. The Morgan fingerprint density at radius 2 is 2.11 bits per heavy atom. The van der Waals surface area contributed by atoms with Crippen molar-refractivity contribution in [1.29, 1.82) is 0 Å². The van der Waals surface area contributed by atoms with Crippen molar-refractivity contribution in [1.82, 2.24) is 0 Å². The SMILES string of the molecule is CC(C)C[C@H]([NH3+])C(=O)O. The molecule has 0 amide bonds. The van der Waals surface area contributed by atoms with Gasteiger partial charge < -0.3 is 10.8 Å². The minimum absolute atomic E-state index is 0.420. The molecule has 0 aliphatic carbocycles. The summed E-state index contributed by atoms with van der Waals surface area (Å²) < 4.78 is 0. The Kier molecular flexibility index (Phi) is 3.24. The van der Waals surface area contributed by atoms with Crippen LogP contribution in [0.5, 0.6) is 0 Å². The van der Waals surface area contributed by atoms with Crippen LogP contribution in [0.2, 0.25) is 0 Å². The van der Waals surface area contributed by atoms with Crippen LogP contribution in [0, 0.1) is 5.92 Å². The second-order valence-corrected chi connectivity index (χ2v) is 2.66. The molecule has 0 spiro atoms. The normalized spacial score (nSPS) is 13.8. The minimum atomic E-state index is -0.802. The first kappa shape index (κ1) is 8.43. The van der Waals surface area contributed by atoms with Crippen LogP contribution in [0.25, 0.3) is 0 Å². The van der Waals surface area contributed by atoms with E-state index in [1.165, 1.54) is 0 Å². The van der Waals surface area contributed by atoms with Gasteiger partial charge in [-0.3, -0.25) is 0 Å². The van der Waals surface area contributed by atoms with Crippen LogP contribution in [-0.4, -0.2) is 17.1 Å². The van der Waals surface area contributed by atoms with Crippen molar-refractivity contribution < 1.29 is 15.6 Å². The van der Waals surface area contributed by atoms with Gasteiger partial charge in [0.1, 0.15) is 0 Å². The average Bonchev–Trinajstić information content (AvgIpc) is 1.63. The molecule has 1 atom stereocenters. The van der Waals surface area contributed by atoms with E-state index in [9.17, 15) is 4.79 Å². The van der Waals surface area contributed by atoms with Crippen molar-refractivity contribution in [2.24, 2.45) is 5.92 Å². The van der Waals surface area contributed by atoms with E-state index in [0.29, 0.717) is 12.3 Å². The summed E-state index contributed by atoms with van der Waals surface area (Å²) in [5.74, 6) is -0.382. The van der Waals surface area contributed by atoms with Gasteiger partial charge in [-0.25, -0.2) is 4.79 Å². The van der Waals surface area contributed by atoms with Gasteiger partial charge in [0.2, 0.25) is 0 Å². The van der Waals surface area contributed by atoms with Gasteiger partial charge in [-0.05, 0) is 5.92 Å². The number of carboxylic acids is 1. The number of hydrogen-bond donors (Lipinski definition) is 2. The van der Waals surface area contributed by atoms with Crippen LogP contribution in [0.15, 0.2) is 0 Å². The molecule has 4 N–H and O–H groups in total. The highest BCUT2D eigenvalue weighted by atomic mass is 16.4. The van der Waals surface area contributed by atoms with Crippen LogP contribution in [-0.2, 0) is 4.79 Å². The first-order valence-electron chi connectivity index (χ1n) is 3.10. The lowest BCUT2D eigenvalue weighted by Crippen LogP contribution is -2.65. The molecule has 0 aromatic heterocycles. The molecular formula is C6H14NO2+. The minimum Gasteiger partial charge on any atom is -0.477 e. The van der Waals surface area contributed by atoms with E-state index in [0.717, 1.165) is 0 Å². The van der Waals surface area contributed by atoms with Crippen LogP contribution in [0.1, 0.15) is 20.3 Å². The van der Waals surface area contributed by atoms with Gasteiger partial charge in [-0.2, -0.15) is 0 Å². The summed E-state index contributed by atoms with van der Waals surface area (Å²) in [6, 6.07) is -0.440. The van der Waals surface area contributed by atoms with Gasteiger partial charge in [0.25, 0.3) is 0 Å². The monoisotopic (exact) mass is 132 g/mol. The van der Waals surface area contributed by atoms with Crippen molar-refractivity contribution in [3.05, 3.63) is 0 Å². The average molecular weight is 132 g/mol. The summed E-state index contributed by atoms with van der Waals surface area (Å²) in [5, 5.41) is 8.37. The third kappa shape index (κ3) is 3.97. The number of carboxylic acid groups (broad SMARTS) is 1. The zero-order chi connectivity index (χ0) is 7.44. The fourth-order valence-electron chi connectivity index (χ4n) is 0.670. The fourth-order valence-corrected chi connectivity index (χ4v) is 0.670. The lowest BCUT2D eigenvalue weighted by atomic mass is 10.1. The van der Waals surface area contributed by atoms with Gasteiger partial charge >= 0.3 is 5.97 Å². The molecule has 0 aliphatic heterocycles. The van der Waals surface area contributed by atoms with Gasteiger partial charge in [0.05, 0.1) is 0 Å². The first-order chi connectivity index (χ1) is 4.04.